The lowest BCUT2D eigenvalue weighted by atomic mass is 9.90. The molecule has 3 heterocycles. The number of hydrogen-bond acceptors (Lipinski definition) is 6. The largest absolute Gasteiger partial charge is 0.383 e. The Kier molecular flexibility index (Phi) is 8.15. The highest BCUT2D eigenvalue weighted by Gasteiger charge is 2.37. The monoisotopic (exact) mass is 553 g/mol. The molecule has 40 heavy (non-hydrogen) atoms. The van der Waals surface area contributed by atoms with E-state index in [0.29, 0.717) is 42.3 Å². The van der Waals surface area contributed by atoms with E-state index < -0.39 is 23.6 Å². The highest BCUT2D eigenvalue weighted by molar-refractivity contribution is 5.82. The van der Waals surface area contributed by atoms with Crippen LogP contribution >= 0.6 is 0 Å². The second-order valence-corrected chi connectivity index (χ2v) is 9.97. The van der Waals surface area contributed by atoms with E-state index in [0.717, 1.165) is 23.3 Å². The summed E-state index contributed by atoms with van der Waals surface area (Å²) in [7, 11) is 3.38. The number of benzene rings is 2. The summed E-state index contributed by atoms with van der Waals surface area (Å²) in [6.45, 7) is 3.17. The van der Waals surface area contributed by atoms with E-state index in [1.807, 2.05) is 13.1 Å². The normalized spacial score (nSPS) is 17.6. The zero-order valence-electron chi connectivity index (χ0n) is 22.5. The summed E-state index contributed by atoms with van der Waals surface area (Å²) in [6, 6.07) is 9.68. The maximum absolute atomic E-state index is 14.1. The summed E-state index contributed by atoms with van der Waals surface area (Å²) < 4.78 is 50.2. The van der Waals surface area contributed by atoms with Gasteiger partial charge in [-0.1, -0.05) is 12.1 Å². The van der Waals surface area contributed by atoms with Gasteiger partial charge in [0.05, 0.1) is 29.9 Å². The standard InChI is InChI=1S/C29H30F3N5O3/c1-18-27(37(23-6-4-5-22(30)13-23)34-28(18)21-15-33-35(2)16-21)14-24(38)11-20-17-36(9-10-39-3)40-29(20)19-7-8-25(31)26(32)12-19/h4-8,12-13,15-16,20,29H,9-11,14,17H2,1-3H3/t20-,29+/m1/s1. The molecule has 0 N–H and O–H groups in total. The fourth-order valence-corrected chi connectivity index (χ4v) is 5.11. The zero-order chi connectivity index (χ0) is 28.4. The topological polar surface area (TPSA) is 74.4 Å². The molecule has 2 aromatic carbocycles. The van der Waals surface area contributed by atoms with Gasteiger partial charge in [0.15, 0.2) is 11.6 Å². The number of methoxy groups -OCH3 is 1. The average molecular weight is 554 g/mol. The lowest BCUT2D eigenvalue weighted by Crippen LogP contribution is -2.24. The van der Waals surface area contributed by atoms with Crippen molar-refractivity contribution in [1.82, 2.24) is 24.6 Å². The van der Waals surface area contributed by atoms with Crippen molar-refractivity contribution in [1.29, 1.82) is 0 Å². The molecule has 1 aliphatic rings. The molecular formula is C29H30F3N5O3. The van der Waals surface area contributed by atoms with Crippen molar-refractivity contribution in [3.63, 3.8) is 0 Å². The number of nitrogens with zero attached hydrogens (tertiary/aromatic N) is 5. The van der Waals surface area contributed by atoms with Crippen LogP contribution in [0.2, 0.25) is 0 Å². The number of carbonyl (C=O) groups excluding carboxylic acids is 1. The molecule has 0 amide bonds. The summed E-state index contributed by atoms with van der Waals surface area (Å²) >= 11 is 0. The maximum atomic E-state index is 14.1. The second kappa shape index (κ2) is 11.7. The van der Waals surface area contributed by atoms with Gasteiger partial charge in [0, 0.05) is 57.8 Å². The molecule has 0 radical (unpaired) electrons. The van der Waals surface area contributed by atoms with Crippen LogP contribution in [0.5, 0.6) is 0 Å². The quantitative estimate of drug-likeness (QED) is 0.282. The van der Waals surface area contributed by atoms with E-state index in [1.54, 1.807) is 46.9 Å². The minimum Gasteiger partial charge on any atom is -0.383 e. The van der Waals surface area contributed by atoms with Crippen molar-refractivity contribution in [3.05, 3.63) is 89.1 Å². The Bertz CT molecular complexity index is 1520. The van der Waals surface area contributed by atoms with Gasteiger partial charge in [0.1, 0.15) is 17.7 Å². The number of aromatic nitrogens is 4. The van der Waals surface area contributed by atoms with Gasteiger partial charge in [0.2, 0.25) is 0 Å². The summed E-state index contributed by atoms with van der Waals surface area (Å²) in [4.78, 5) is 19.6. The Balaban J connectivity index is 1.43. The Morgan fingerprint density at radius 1 is 1.15 bits per heavy atom. The van der Waals surface area contributed by atoms with Gasteiger partial charge in [0.25, 0.3) is 0 Å². The number of aryl methyl sites for hydroxylation is 1. The number of rotatable bonds is 10. The number of hydrogen-bond donors (Lipinski definition) is 0. The van der Waals surface area contributed by atoms with E-state index in [9.17, 15) is 18.0 Å². The fraction of sp³-hybridized carbons (Fsp3) is 0.345. The van der Waals surface area contributed by atoms with Gasteiger partial charge in [-0.3, -0.25) is 14.3 Å². The number of ketones is 1. The van der Waals surface area contributed by atoms with Crippen LogP contribution in [0.1, 0.15) is 29.3 Å². The van der Waals surface area contributed by atoms with Crippen LogP contribution in [0, 0.1) is 30.3 Å². The highest BCUT2D eigenvalue weighted by atomic mass is 19.2. The first-order chi connectivity index (χ1) is 19.2. The average Bonchev–Trinajstić information content (AvgIpc) is 3.62. The summed E-state index contributed by atoms with van der Waals surface area (Å²) in [5, 5.41) is 10.7. The lowest BCUT2D eigenvalue weighted by Gasteiger charge is -2.18. The van der Waals surface area contributed by atoms with Crippen molar-refractivity contribution in [2.24, 2.45) is 13.0 Å². The van der Waals surface area contributed by atoms with Crippen LogP contribution in [0.15, 0.2) is 54.9 Å². The smallest absolute Gasteiger partial charge is 0.159 e. The van der Waals surface area contributed by atoms with Crippen LogP contribution in [0.4, 0.5) is 13.2 Å². The van der Waals surface area contributed by atoms with Gasteiger partial charge in [-0.2, -0.15) is 15.3 Å². The first kappa shape index (κ1) is 27.8. The SMILES string of the molecule is COCCN1C[C@@H](CC(=O)Cc2c(C)c(-c3cnn(C)c3)nn2-c2cccc(F)c2)[C@H](c2ccc(F)c(F)c2)O1. The molecule has 2 aromatic heterocycles. The lowest BCUT2D eigenvalue weighted by molar-refractivity contribution is -0.155. The highest BCUT2D eigenvalue weighted by Crippen LogP contribution is 2.37. The molecule has 1 fully saturated rings. The van der Waals surface area contributed by atoms with Crippen LogP contribution in [-0.4, -0.2) is 57.2 Å². The van der Waals surface area contributed by atoms with Crippen LogP contribution in [0.3, 0.4) is 0 Å². The molecule has 0 saturated carbocycles. The Morgan fingerprint density at radius 3 is 2.67 bits per heavy atom. The van der Waals surface area contributed by atoms with Crippen LogP contribution in [0.25, 0.3) is 16.9 Å². The first-order valence-corrected chi connectivity index (χ1v) is 12.9. The van der Waals surface area contributed by atoms with E-state index >= 15 is 0 Å². The van der Waals surface area contributed by atoms with Crippen LogP contribution in [-0.2, 0) is 27.8 Å². The molecule has 0 spiro atoms. The summed E-state index contributed by atoms with van der Waals surface area (Å²) in [6.07, 6.45) is 3.05. The van der Waals surface area contributed by atoms with E-state index in [2.05, 4.69) is 5.10 Å². The summed E-state index contributed by atoms with van der Waals surface area (Å²) in [5.41, 5.74) is 3.79. The third-order valence-corrected chi connectivity index (χ3v) is 7.08. The number of ether oxygens (including phenoxy) is 1. The maximum Gasteiger partial charge on any atom is 0.159 e. The third-order valence-electron chi connectivity index (χ3n) is 7.08. The molecule has 0 bridgehead atoms. The van der Waals surface area contributed by atoms with Crippen molar-refractivity contribution in [2.75, 3.05) is 26.8 Å². The molecule has 4 aromatic rings. The molecule has 2 atom stereocenters. The van der Waals surface area contributed by atoms with Crippen molar-refractivity contribution >= 4 is 5.78 Å². The molecule has 0 unspecified atom stereocenters. The van der Waals surface area contributed by atoms with E-state index in [4.69, 9.17) is 14.7 Å². The first-order valence-electron chi connectivity index (χ1n) is 12.9. The molecule has 0 aliphatic carbocycles. The zero-order valence-corrected chi connectivity index (χ0v) is 22.5. The Labute approximate surface area is 229 Å². The second-order valence-electron chi connectivity index (χ2n) is 9.97. The van der Waals surface area contributed by atoms with Crippen molar-refractivity contribution in [2.45, 2.75) is 25.9 Å². The van der Waals surface area contributed by atoms with Gasteiger partial charge in [-0.15, -0.1) is 0 Å². The molecule has 210 valence electrons. The Morgan fingerprint density at radius 2 is 1.98 bits per heavy atom. The number of hydroxylamine groups is 2. The Hall–Kier alpha value is -3.80. The predicted molar refractivity (Wildman–Crippen MR) is 141 cm³/mol. The summed E-state index contributed by atoms with van der Waals surface area (Å²) in [5.74, 6) is -2.74. The molecular weight excluding hydrogens is 523 g/mol. The predicted octanol–water partition coefficient (Wildman–Crippen LogP) is 4.75. The molecule has 5 rings (SSSR count). The van der Waals surface area contributed by atoms with Gasteiger partial charge in [-0.25, -0.2) is 17.9 Å². The minimum atomic E-state index is -0.973. The number of Topliss-reactive ketones (excluding diaryl/α,β-unsaturated/α-hetero) is 1. The van der Waals surface area contributed by atoms with Gasteiger partial charge in [-0.05, 0) is 48.4 Å². The minimum absolute atomic E-state index is 0.0364. The number of halogens is 3. The van der Waals surface area contributed by atoms with Crippen LogP contribution < -0.4 is 0 Å². The van der Waals surface area contributed by atoms with E-state index in [-0.39, 0.29) is 24.5 Å². The fourth-order valence-electron chi connectivity index (χ4n) is 5.11. The van der Waals surface area contributed by atoms with Crippen molar-refractivity contribution < 1.29 is 27.5 Å². The molecule has 11 heteroatoms. The molecule has 1 saturated heterocycles. The van der Waals surface area contributed by atoms with E-state index in [1.165, 1.54) is 18.2 Å². The number of carbonyl (C=O) groups is 1. The van der Waals surface area contributed by atoms with Crippen molar-refractivity contribution in [3.8, 4) is 16.9 Å². The third kappa shape index (κ3) is 5.86. The van der Waals surface area contributed by atoms with Gasteiger partial charge < -0.3 is 4.74 Å². The molecule has 1 aliphatic heterocycles. The molecule has 8 nitrogen and oxygen atoms in total. The van der Waals surface area contributed by atoms with Gasteiger partial charge >= 0.3 is 0 Å².